The minimum atomic E-state index is 0.291. The van der Waals surface area contributed by atoms with E-state index in [-0.39, 0.29) is 0 Å². The Morgan fingerprint density at radius 2 is 1.85 bits per heavy atom. The first-order chi connectivity index (χ1) is 6.33. The summed E-state index contributed by atoms with van der Waals surface area (Å²) >= 11 is 0. The predicted octanol–water partition coefficient (Wildman–Crippen LogP) is 1.18. The molecule has 1 aliphatic heterocycles. The summed E-state index contributed by atoms with van der Waals surface area (Å²) < 4.78 is 0. The molecule has 1 aliphatic carbocycles. The number of hydrogen-bond acceptors (Lipinski definition) is 3. The van der Waals surface area contributed by atoms with Crippen molar-refractivity contribution in [1.29, 1.82) is 0 Å². The van der Waals surface area contributed by atoms with Crippen LogP contribution in [0.4, 0.5) is 0 Å². The molecule has 2 aliphatic rings. The fourth-order valence-electron chi connectivity index (χ4n) is 1.88. The second kappa shape index (κ2) is 2.33. The highest BCUT2D eigenvalue weighted by Crippen LogP contribution is 2.32. The van der Waals surface area contributed by atoms with Gasteiger partial charge in [0, 0.05) is 18.4 Å². The van der Waals surface area contributed by atoms with E-state index in [1.807, 2.05) is 12.1 Å². The van der Waals surface area contributed by atoms with Crippen LogP contribution in [-0.2, 0) is 29.1 Å². The zero-order valence-corrected chi connectivity index (χ0v) is 7.00. The van der Waals surface area contributed by atoms with Gasteiger partial charge < -0.3 is 4.89 Å². The number of fused-ring (bicyclic) bond motifs is 2. The van der Waals surface area contributed by atoms with Gasteiger partial charge in [0.2, 0.25) is 0 Å². The molecule has 0 amide bonds. The first-order valence-corrected chi connectivity index (χ1v) is 4.29. The Labute approximate surface area is 75.2 Å². The smallest absolute Gasteiger partial charge is 0.171 e. The number of hydrogen-bond donors (Lipinski definition) is 0. The van der Waals surface area contributed by atoms with E-state index in [1.165, 1.54) is 0 Å². The maximum atomic E-state index is 11.2. The van der Waals surface area contributed by atoms with Crippen molar-refractivity contribution in [3.63, 3.8) is 0 Å². The fourth-order valence-corrected chi connectivity index (χ4v) is 1.88. The van der Waals surface area contributed by atoms with E-state index < -0.39 is 0 Å². The number of rotatable bonds is 0. The molecule has 1 aromatic rings. The van der Waals surface area contributed by atoms with Gasteiger partial charge in [0.05, 0.1) is 0 Å². The predicted molar refractivity (Wildman–Crippen MR) is 44.3 cm³/mol. The number of benzene rings is 1. The maximum absolute atomic E-state index is 11.2. The molecule has 3 nitrogen and oxygen atoms in total. The van der Waals surface area contributed by atoms with Crippen LogP contribution in [0.2, 0.25) is 0 Å². The van der Waals surface area contributed by atoms with Crippen molar-refractivity contribution < 1.29 is 14.6 Å². The molecule has 3 heteroatoms. The first kappa shape index (κ1) is 7.09. The zero-order chi connectivity index (χ0) is 8.84. The van der Waals surface area contributed by atoms with Gasteiger partial charge in [0.25, 0.3) is 0 Å². The van der Waals surface area contributed by atoms with E-state index in [4.69, 9.17) is 9.78 Å². The summed E-state index contributed by atoms with van der Waals surface area (Å²) in [6.45, 7) is 0.497. The Morgan fingerprint density at radius 3 is 2.69 bits per heavy atom. The first-order valence-electron chi connectivity index (χ1n) is 4.29. The van der Waals surface area contributed by atoms with Gasteiger partial charge >= 0.3 is 0 Å². The summed E-state index contributed by atoms with van der Waals surface area (Å²) in [5.74, 6) is 1.06. The Kier molecular flexibility index (Phi) is 1.27. The maximum Gasteiger partial charge on any atom is 0.171 e. The molecule has 13 heavy (non-hydrogen) atoms. The van der Waals surface area contributed by atoms with Crippen LogP contribution in [0.3, 0.4) is 0 Å². The minimum Gasteiger partial charge on any atom is -0.337 e. The van der Waals surface area contributed by atoms with Crippen molar-refractivity contribution in [3.8, 4) is 5.75 Å². The molecule has 0 unspecified atom stereocenters. The van der Waals surface area contributed by atoms with E-state index in [9.17, 15) is 4.79 Å². The third-order valence-corrected chi connectivity index (χ3v) is 2.52. The Hall–Kier alpha value is -1.35. The van der Waals surface area contributed by atoms with Crippen LogP contribution in [0, 0.1) is 0 Å². The van der Waals surface area contributed by atoms with Crippen LogP contribution in [-0.4, -0.2) is 5.78 Å². The minimum absolute atomic E-state index is 0.291. The highest BCUT2D eigenvalue weighted by Gasteiger charge is 2.23. The van der Waals surface area contributed by atoms with Crippen LogP contribution in [0.25, 0.3) is 0 Å². The van der Waals surface area contributed by atoms with Crippen molar-refractivity contribution in [3.05, 3.63) is 28.8 Å². The van der Waals surface area contributed by atoms with Gasteiger partial charge in [-0.3, -0.25) is 4.79 Å². The van der Waals surface area contributed by atoms with Crippen molar-refractivity contribution in [1.82, 2.24) is 0 Å². The SMILES string of the molecule is O=C1Cc2cc3c(cc2C1)OOC3. The van der Waals surface area contributed by atoms with Crippen LogP contribution in [0.15, 0.2) is 12.1 Å². The quantitative estimate of drug-likeness (QED) is 0.557. The lowest BCUT2D eigenvalue weighted by Crippen LogP contribution is -1.92. The number of carbonyl (C=O) groups excluding carboxylic acids is 1. The third kappa shape index (κ3) is 0.971. The van der Waals surface area contributed by atoms with Crippen LogP contribution >= 0.6 is 0 Å². The summed E-state index contributed by atoms with van der Waals surface area (Å²) in [5.41, 5.74) is 3.28. The lowest BCUT2D eigenvalue weighted by atomic mass is 10.1. The molecule has 0 aromatic heterocycles. The highest BCUT2D eigenvalue weighted by atomic mass is 17.2. The molecule has 0 atom stereocenters. The monoisotopic (exact) mass is 176 g/mol. The molecule has 0 saturated heterocycles. The van der Waals surface area contributed by atoms with E-state index in [1.54, 1.807) is 0 Å². The van der Waals surface area contributed by atoms with Gasteiger partial charge in [-0.2, -0.15) is 4.89 Å². The molecule has 0 saturated carbocycles. The average Bonchev–Trinajstić information content (AvgIpc) is 2.63. The van der Waals surface area contributed by atoms with Crippen LogP contribution < -0.4 is 4.89 Å². The second-order valence-corrected chi connectivity index (χ2v) is 3.47. The number of ketones is 1. The standard InChI is InChI=1S/C10H8O3/c11-9-2-6-1-8-5-12-13-10(8)4-7(6)3-9/h1,4H,2-3,5H2. The van der Waals surface area contributed by atoms with E-state index in [0.717, 1.165) is 22.4 Å². The molecule has 0 fully saturated rings. The molecule has 0 radical (unpaired) electrons. The average molecular weight is 176 g/mol. The summed E-state index contributed by atoms with van der Waals surface area (Å²) in [7, 11) is 0. The van der Waals surface area contributed by atoms with Gasteiger partial charge in [-0.05, 0) is 23.3 Å². The summed E-state index contributed by atoms with van der Waals surface area (Å²) in [6, 6.07) is 3.94. The number of carbonyl (C=O) groups is 1. The summed E-state index contributed by atoms with van der Waals surface area (Å²) in [4.78, 5) is 20.9. The van der Waals surface area contributed by atoms with E-state index in [2.05, 4.69) is 0 Å². The molecule has 1 heterocycles. The molecule has 1 aromatic carbocycles. The lowest BCUT2D eigenvalue weighted by molar-refractivity contribution is -0.194. The van der Waals surface area contributed by atoms with Gasteiger partial charge in [0.15, 0.2) is 5.75 Å². The van der Waals surface area contributed by atoms with Crippen LogP contribution in [0.5, 0.6) is 5.75 Å². The van der Waals surface area contributed by atoms with E-state index in [0.29, 0.717) is 25.2 Å². The molecule has 0 spiro atoms. The Morgan fingerprint density at radius 1 is 1.08 bits per heavy atom. The van der Waals surface area contributed by atoms with Crippen molar-refractivity contribution in [2.75, 3.05) is 0 Å². The molecular weight excluding hydrogens is 168 g/mol. The summed E-state index contributed by atoms with van der Waals surface area (Å²) in [6.07, 6.45) is 1.12. The van der Waals surface area contributed by atoms with Gasteiger partial charge in [0.1, 0.15) is 12.4 Å². The fraction of sp³-hybridized carbons (Fsp3) is 0.300. The largest absolute Gasteiger partial charge is 0.337 e. The highest BCUT2D eigenvalue weighted by molar-refractivity contribution is 5.88. The van der Waals surface area contributed by atoms with Gasteiger partial charge in [-0.1, -0.05) is 0 Å². The number of Topliss-reactive ketones (excluding diaryl/α,β-unsaturated/α-hetero) is 1. The van der Waals surface area contributed by atoms with Crippen molar-refractivity contribution >= 4 is 5.78 Å². The third-order valence-electron chi connectivity index (χ3n) is 2.52. The van der Waals surface area contributed by atoms with Gasteiger partial charge in [-0.15, -0.1) is 0 Å². The lowest BCUT2D eigenvalue weighted by Gasteiger charge is -1.99. The van der Waals surface area contributed by atoms with Crippen molar-refractivity contribution in [2.24, 2.45) is 0 Å². The van der Waals surface area contributed by atoms with E-state index >= 15 is 0 Å². The molecule has 0 N–H and O–H groups in total. The second-order valence-electron chi connectivity index (χ2n) is 3.47. The molecule has 3 rings (SSSR count). The molecule has 66 valence electrons. The normalized spacial score (nSPS) is 18.3. The van der Waals surface area contributed by atoms with Crippen molar-refractivity contribution in [2.45, 2.75) is 19.4 Å². The zero-order valence-electron chi connectivity index (χ0n) is 7.00. The molecular formula is C10H8O3. The van der Waals surface area contributed by atoms with Gasteiger partial charge in [-0.25, -0.2) is 0 Å². The van der Waals surface area contributed by atoms with Crippen LogP contribution in [0.1, 0.15) is 16.7 Å². The summed E-state index contributed by atoms with van der Waals surface area (Å²) in [5, 5.41) is 0. The molecule has 0 bridgehead atoms. The Balaban J connectivity index is 2.15. The topological polar surface area (TPSA) is 35.5 Å². The Bertz CT molecular complexity index is 360.